The molecule has 0 unspecified atom stereocenters. The van der Waals surface area contributed by atoms with Crippen molar-refractivity contribution < 1.29 is 5.48 Å². The minimum absolute atomic E-state index is 0.135. The van der Waals surface area contributed by atoms with E-state index >= 15 is 0 Å². The molecule has 0 radical (unpaired) electrons. The standard InChI is InChI=1S/C36H31BN2/c1-4-14-26(15-5-1)27-24-34-36-35(25-27)39(29-18-8-3-9-19-29)33-23-13-11-21-31(33)37(36)30-20-10-12-22-32(30)38(34)28-16-6-2-7-17-28/h2-3,6-13,16-26H,1,4-5,14-15H2/i2D,3D,10D,11D. The number of hydrogen-bond donors (Lipinski definition) is 0. The Bertz CT molecular complexity index is 1740. The lowest BCUT2D eigenvalue weighted by atomic mass is 9.33. The molecule has 1 saturated carbocycles. The van der Waals surface area contributed by atoms with Crippen molar-refractivity contribution in [1.29, 1.82) is 0 Å². The Kier molecular flexibility index (Phi) is 4.46. The van der Waals surface area contributed by atoms with Crippen LogP contribution in [0.5, 0.6) is 0 Å². The van der Waals surface area contributed by atoms with Gasteiger partial charge in [-0.25, -0.2) is 0 Å². The number of benzene rings is 5. The summed E-state index contributed by atoms with van der Waals surface area (Å²) in [7, 11) is 0. The molecule has 188 valence electrons. The zero-order valence-electron chi connectivity index (χ0n) is 25.8. The van der Waals surface area contributed by atoms with Gasteiger partial charge in [0.25, 0.3) is 6.71 Å². The summed E-state index contributed by atoms with van der Waals surface area (Å²) in [6, 6.07) is 33.9. The zero-order valence-corrected chi connectivity index (χ0v) is 21.8. The highest BCUT2D eigenvalue weighted by molar-refractivity contribution is 7.00. The predicted octanol–water partition coefficient (Wildman–Crippen LogP) is 7.82. The molecule has 0 amide bonds. The molecule has 0 spiro atoms. The number of rotatable bonds is 3. The van der Waals surface area contributed by atoms with Crippen LogP contribution in [-0.2, 0) is 0 Å². The van der Waals surface area contributed by atoms with Gasteiger partial charge in [0.2, 0.25) is 0 Å². The van der Waals surface area contributed by atoms with Gasteiger partial charge in [0.1, 0.15) is 0 Å². The van der Waals surface area contributed by atoms with Gasteiger partial charge < -0.3 is 9.80 Å². The summed E-state index contributed by atoms with van der Waals surface area (Å²) in [6.45, 7) is -0.135. The summed E-state index contributed by atoms with van der Waals surface area (Å²) >= 11 is 0. The van der Waals surface area contributed by atoms with Crippen molar-refractivity contribution in [3.63, 3.8) is 0 Å². The fraction of sp³-hybridized carbons (Fsp3) is 0.167. The third-order valence-corrected chi connectivity index (χ3v) is 8.77. The molecule has 3 aliphatic rings. The summed E-state index contributed by atoms with van der Waals surface area (Å²) in [5.41, 5.74) is 10.9. The first kappa shape index (κ1) is 18.9. The van der Waals surface area contributed by atoms with Crippen LogP contribution >= 0.6 is 0 Å². The summed E-state index contributed by atoms with van der Waals surface area (Å²) in [5, 5.41) is 0. The molecule has 0 saturated heterocycles. The first-order valence-electron chi connectivity index (χ1n) is 16.1. The van der Waals surface area contributed by atoms with Gasteiger partial charge in [-0.2, -0.15) is 0 Å². The van der Waals surface area contributed by atoms with Gasteiger partial charge in [0, 0.05) is 34.1 Å². The van der Waals surface area contributed by atoms with E-state index in [4.69, 9.17) is 5.48 Å². The molecule has 2 nitrogen and oxygen atoms in total. The largest absolute Gasteiger partial charge is 0.311 e. The van der Waals surface area contributed by atoms with Crippen LogP contribution in [0, 0.1) is 0 Å². The van der Waals surface area contributed by atoms with Crippen molar-refractivity contribution >= 4 is 57.2 Å². The van der Waals surface area contributed by atoms with Crippen LogP contribution in [-0.4, -0.2) is 6.71 Å². The molecule has 3 heteroatoms. The van der Waals surface area contributed by atoms with Crippen molar-refractivity contribution in [2.45, 2.75) is 38.0 Å². The Balaban J connectivity index is 1.48. The molecule has 1 aliphatic carbocycles. The molecule has 0 aromatic heterocycles. The first-order valence-corrected chi connectivity index (χ1v) is 14.1. The average Bonchev–Trinajstić information content (AvgIpc) is 3.02. The zero-order chi connectivity index (χ0) is 29.2. The van der Waals surface area contributed by atoms with Gasteiger partial charge in [-0.15, -0.1) is 0 Å². The van der Waals surface area contributed by atoms with Crippen LogP contribution in [0.15, 0.2) is 121 Å². The Morgan fingerprint density at radius 1 is 0.564 bits per heavy atom. The topological polar surface area (TPSA) is 6.48 Å². The lowest BCUT2D eigenvalue weighted by molar-refractivity contribution is 0.444. The lowest BCUT2D eigenvalue weighted by Crippen LogP contribution is -2.61. The molecular formula is C36H31BN2. The minimum atomic E-state index is -0.135. The molecule has 5 aromatic carbocycles. The van der Waals surface area contributed by atoms with E-state index < -0.39 is 0 Å². The molecule has 0 bridgehead atoms. The highest BCUT2D eigenvalue weighted by Gasteiger charge is 2.43. The van der Waals surface area contributed by atoms with Gasteiger partial charge in [0.15, 0.2) is 0 Å². The maximum atomic E-state index is 8.63. The van der Waals surface area contributed by atoms with Crippen molar-refractivity contribution in [2.75, 3.05) is 9.80 Å². The normalized spacial score (nSPS) is 17.4. The second kappa shape index (κ2) is 9.20. The van der Waals surface area contributed by atoms with E-state index in [1.54, 1.807) is 0 Å². The van der Waals surface area contributed by atoms with Gasteiger partial charge in [0.05, 0.1) is 5.48 Å². The fourth-order valence-electron chi connectivity index (χ4n) is 7.07. The van der Waals surface area contributed by atoms with Gasteiger partial charge in [-0.05, 0) is 89.2 Å². The number of hydrogen-bond acceptors (Lipinski definition) is 2. The molecule has 2 heterocycles. The first-order chi connectivity index (χ1) is 21.0. The predicted molar refractivity (Wildman–Crippen MR) is 166 cm³/mol. The van der Waals surface area contributed by atoms with Gasteiger partial charge >= 0.3 is 0 Å². The lowest BCUT2D eigenvalue weighted by Gasteiger charge is -2.44. The van der Waals surface area contributed by atoms with E-state index in [0.717, 1.165) is 45.0 Å². The molecule has 2 aliphatic heterocycles. The summed E-state index contributed by atoms with van der Waals surface area (Å²) in [6.07, 6.45) is 6.14. The van der Waals surface area contributed by atoms with E-state index in [1.807, 2.05) is 72.8 Å². The van der Waals surface area contributed by atoms with E-state index in [1.165, 1.54) is 43.1 Å². The molecule has 39 heavy (non-hydrogen) atoms. The molecule has 0 N–H and O–H groups in total. The SMILES string of the molecule is [2H]c1ccc(N2c3ccc([2H])cc3B3c4cc([2H])ccc4N(c4ccc([2H])cc4)c4cc(C5CCCCC5)cc2c43)cc1. The van der Waals surface area contributed by atoms with E-state index in [-0.39, 0.29) is 6.71 Å². The maximum Gasteiger partial charge on any atom is 0.252 e. The number of nitrogens with zero attached hydrogens (tertiary/aromatic N) is 2. The van der Waals surface area contributed by atoms with Crippen LogP contribution in [0.25, 0.3) is 0 Å². The third kappa shape index (κ3) is 3.56. The average molecular weight is 506 g/mol. The second-order valence-corrected chi connectivity index (χ2v) is 10.9. The number of anilines is 6. The van der Waals surface area contributed by atoms with Crippen molar-refractivity contribution in [3.8, 4) is 0 Å². The second-order valence-electron chi connectivity index (χ2n) is 10.9. The van der Waals surface area contributed by atoms with Crippen LogP contribution in [0.4, 0.5) is 34.1 Å². The Morgan fingerprint density at radius 2 is 1.05 bits per heavy atom. The van der Waals surface area contributed by atoms with Crippen LogP contribution in [0.2, 0.25) is 0 Å². The Labute approximate surface area is 237 Å². The molecular weight excluding hydrogens is 471 g/mol. The van der Waals surface area contributed by atoms with E-state index in [0.29, 0.717) is 30.1 Å². The van der Waals surface area contributed by atoms with Gasteiger partial charge in [-0.1, -0.05) is 92.0 Å². The maximum absolute atomic E-state index is 8.63. The summed E-state index contributed by atoms with van der Waals surface area (Å²) < 4.78 is 33.6. The highest BCUT2D eigenvalue weighted by atomic mass is 15.2. The Morgan fingerprint density at radius 3 is 1.56 bits per heavy atom. The smallest absolute Gasteiger partial charge is 0.252 e. The van der Waals surface area contributed by atoms with Crippen molar-refractivity contribution in [2.24, 2.45) is 0 Å². The minimum Gasteiger partial charge on any atom is -0.311 e. The van der Waals surface area contributed by atoms with Crippen LogP contribution in [0.1, 0.15) is 49.1 Å². The summed E-state index contributed by atoms with van der Waals surface area (Å²) in [5.74, 6) is 0.484. The molecule has 0 atom stereocenters. The third-order valence-electron chi connectivity index (χ3n) is 8.77. The van der Waals surface area contributed by atoms with Crippen LogP contribution < -0.4 is 26.2 Å². The Hall–Kier alpha value is -4.24. The van der Waals surface area contributed by atoms with Crippen molar-refractivity contribution in [3.05, 3.63) is 127 Å². The quantitative estimate of drug-likeness (QED) is 0.226. The van der Waals surface area contributed by atoms with Crippen molar-refractivity contribution in [1.82, 2.24) is 0 Å². The van der Waals surface area contributed by atoms with Gasteiger partial charge in [-0.3, -0.25) is 0 Å². The molecule has 5 aromatic rings. The highest BCUT2D eigenvalue weighted by Crippen LogP contribution is 2.46. The van der Waals surface area contributed by atoms with Crippen LogP contribution in [0.3, 0.4) is 0 Å². The number of para-hydroxylation sites is 4. The summed E-state index contributed by atoms with van der Waals surface area (Å²) in [4.78, 5) is 4.63. The monoisotopic (exact) mass is 506 g/mol. The molecule has 8 rings (SSSR count). The molecule has 1 fully saturated rings. The van der Waals surface area contributed by atoms with E-state index in [2.05, 4.69) is 34.1 Å². The van der Waals surface area contributed by atoms with E-state index in [9.17, 15) is 0 Å². The number of fused-ring (bicyclic) bond motifs is 4. The fourth-order valence-corrected chi connectivity index (χ4v) is 7.07.